The molecule has 0 fully saturated rings. The molecule has 21 heavy (non-hydrogen) atoms. The summed E-state index contributed by atoms with van der Waals surface area (Å²) in [5, 5.41) is 15.2. The fourth-order valence-electron chi connectivity index (χ4n) is 1.69. The van der Waals surface area contributed by atoms with E-state index in [4.69, 9.17) is 5.11 Å². The van der Waals surface area contributed by atoms with Crippen LogP contribution in [0.3, 0.4) is 0 Å². The summed E-state index contributed by atoms with van der Waals surface area (Å²) in [5.41, 5.74) is 1.15. The van der Waals surface area contributed by atoms with Crippen LogP contribution in [0.25, 0.3) is 0 Å². The summed E-state index contributed by atoms with van der Waals surface area (Å²) in [6.07, 6.45) is 2.14. The summed E-state index contributed by atoms with van der Waals surface area (Å²) in [7, 11) is 0. The molecule has 0 aliphatic heterocycles. The number of aliphatic hydroxyl groups excluding tert-OH is 1. The van der Waals surface area contributed by atoms with Gasteiger partial charge in [0.25, 0.3) is 5.91 Å². The number of carbonyl (C=O) groups excluding carboxylic acids is 1. The zero-order valence-corrected chi connectivity index (χ0v) is 11.4. The number of carbonyl (C=O) groups is 1. The molecular weight excluding hydrogens is 270 g/mol. The Labute approximate surface area is 122 Å². The van der Waals surface area contributed by atoms with Gasteiger partial charge in [-0.05, 0) is 12.1 Å². The predicted molar refractivity (Wildman–Crippen MR) is 75.4 cm³/mol. The lowest BCUT2D eigenvalue weighted by atomic mass is 10.1. The number of amides is 1. The number of nitrogens with zero attached hydrogens (tertiary/aromatic N) is 2. The van der Waals surface area contributed by atoms with E-state index >= 15 is 0 Å². The number of benzene rings is 1. The molecule has 1 aromatic carbocycles. The molecule has 0 bridgehead atoms. The third-order valence-electron chi connectivity index (χ3n) is 2.67. The van der Waals surface area contributed by atoms with Crippen molar-refractivity contribution in [1.82, 2.24) is 15.5 Å². The van der Waals surface area contributed by atoms with Gasteiger partial charge in [-0.25, -0.2) is 0 Å². The number of hydrogen-bond acceptors (Lipinski definition) is 5. The van der Waals surface area contributed by atoms with Gasteiger partial charge in [-0.15, -0.1) is 0 Å². The SMILES string of the molecule is O=C(NCCc1ncon1)c1ccccc1C#CCCO. The van der Waals surface area contributed by atoms with Crippen LogP contribution in [0.15, 0.2) is 35.2 Å². The molecule has 6 heteroatoms. The van der Waals surface area contributed by atoms with Crippen LogP contribution >= 0.6 is 0 Å². The third-order valence-corrected chi connectivity index (χ3v) is 2.67. The van der Waals surface area contributed by atoms with Crippen LogP contribution in [0, 0.1) is 11.8 Å². The van der Waals surface area contributed by atoms with Crippen LogP contribution < -0.4 is 5.32 Å². The van der Waals surface area contributed by atoms with Gasteiger partial charge in [-0.2, -0.15) is 4.98 Å². The van der Waals surface area contributed by atoms with Gasteiger partial charge in [-0.1, -0.05) is 29.1 Å². The molecular formula is C15H15N3O3. The largest absolute Gasteiger partial charge is 0.395 e. The first-order chi connectivity index (χ1) is 10.3. The van der Waals surface area contributed by atoms with E-state index in [9.17, 15) is 4.79 Å². The Morgan fingerprint density at radius 2 is 2.24 bits per heavy atom. The van der Waals surface area contributed by atoms with Crippen LogP contribution in [0.5, 0.6) is 0 Å². The van der Waals surface area contributed by atoms with E-state index in [-0.39, 0.29) is 12.5 Å². The van der Waals surface area contributed by atoms with Gasteiger partial charge < -0.3 is 14.9 Å². The lowest BCUT2D eigenvalue weighted by Crippen LogP contribution is -2.26. The molecule has 1 amide bonds. The lowest BCUT2D eigenvalue weighted by Gasteiger charge is -2.05. The van der Waals surface area contributed by atoms with E-state index in [1.54, 1.807) is 18.2 Å². The molecule has 6 nitrogen and oxygen atoms in total. The minimum absolute atomic E-state index is 0.00602. The van der Waals surface area contributed by atoms with E-state index in [2.05, 4.69) is 31.8 Å². The van der Waals surface area contributed by atoms with E-state index in [1.165, 1.54) is 6.39 Å². The summed E-state index contributed by atoms with van der Waals surface area (Å²) in [5.74, 6) is 6.05. The van der Waals surface area contributed by atoms with Gasteiger partial charge in [0.05, 0.1) is 12.2 Å². The van der Waals surface area contributed by atoms with Gasteiger partial charge in [0.15, 0.2) is 5.82 Å². The van der Waals surface area contributed by atoms with Gasteiger partial charge in [0, 0.05) is 24.9 Å². The Balaban J connectivity index is 1.97. The van der Waals surface area contributed by atoms with Crippen molar-refractivity contribution in [1.29, 1.82) is 0 Å². The maximum atomic E-state index is 12.1. The fourth-order valence-corrected chi connectivity index (χ4v) is 1.69. The number of rotatable bonds is 5. The topological polar surface area (TPSA) is 88.3 Å². The monoisotopic (exact) mass is 285 g/mol. The van der Waals surface area contributed by atoms with E-state index in [0.29, 0.717) is 36.3 Å². The second kappa shape index (κ2) is 7.82. The minimum atomic E-state index is -0.201. The molecule has 2 N–H and O–H groups in total. The van der Waals surface area contributed by atoms with Crippen LogP contribution in [0.1, 0.15) is 28.2 Å². The third kappa shape index (κ3) is 4.44. The van der Waals surface area contributed by atoms with E-state index in [1.807, 2.05) is 6.07 Å². The standard InChI is InChI=1S/C15H15N3O3/c19-10-4-3-6-12-5-1-2-7-13(12)15(20)16-9-8-14-17-11-21-18-14/h1-2,5,7,11,19H,4,8-10H2,(H,16,20). The molecule has 0 atom stereocenters. The van der Waals surface area contributed by atoms with Crippen molar-refractivity contribution in [3.8, 4) is 11.8 Å². The molecule has 1 heterocycles. The highest BCUT2D eigenvalue weighted by Gasteiger charge is 2.09. The zero-order valence-electron chi connectivity index (χ0n) is 11.4. The van der Waals surface area contributed by atoms with Crippen molar-refractivity contribution in [2.24, 2.45) is 0 Å². The molecule has 0 unspecified atom stereocenters. The summed E-state index contributed by atoms with van der Waals surface area (Å²) in [6.45, 7) is 0.419. The Morgan fingerprint density at radius 3 is 3.00 bits per heavy atom. The molecule has 1 aromatic heterocycles. The first-order valence-electron chi connectivity index (χ1n) is 6.53. The van der Waals surface area contributed by atoms with Crippen molar-refractivity contribution >= 4 is 5.91 Å². The highest BCUT2D eigenvalue weighted by molar-refractivity contribution is 5.96. The van der Waals surface area contributed by atoms with Crippen molar-refractivity contribution < 1.29 is 14.4 Å². The summed E-state index contributed by atoms with van der Waals surface area (Å²) < 4.78 is 4.62. The first kappa shape index (κ1) is 14.8. The Kier molecular flexibility index (Phi) is 5.50. The van der Waals surface area contributed by atoms with Crippen molar-refractivity contribution in [3.63, 3.8) is 0 Å². The molecule has 108 valence electrons. The van der Waals surface area contributed by atoms with Gasteiger partial charge in [0.1, 0.15) is 0 Å². The normalized spacial score (nSPS) is 9.76. The summed E-state index contributed by atoms with van der Waals surface area (Å²) in [4.78, 5) is 16.0. The molecule has 0 aliphatic rings. The van der Waals surface area contributed by atoms with Crippen LogP contribution in [0.4, 0.5) is 0 Å². The number of aromatic nitrogens is 2. The van der Waals surface area contributed by atoms with E-state index in [0.717, 1.165) is 0 Å². The second-order valence-corrected chi connectivity index (χ2v) is 4.17. The Hall–Kier alpha value is -2.65. The molecule has 0 saturated heterocycles. The molecule has 0 saturated carbocycles. The molecule has 0 aliphatic carbocycles. The van der Waals surface area contributed by atoms with Crippen molar-refractivity contribution in [3.05, 3.63) is 47.6 Å². The summed E-state index contributed by atoms with van der Waals surface area (Å²) in [6, 6.07) is 7.09. The Morgan fingerprint density at radius 1 is 1.38 bits per heavy atom. The average molecular weight is 285 g/mol. The second-order valence-electron chi connectivity index (χ2n) is 4.17. The quantitative estimate of drug-likeness (QED) is 0.792. The molecule has 2 rings (SSSR count). The number of nitrogens with one attached hydrogen (secondary N) is 1. The molecule has 0 radical (unpaired) electrons. The highest BCUT2D eigenvalue weighted by atomic mass is 16.5. The van der Waals surface area contributed by atoms with Gasteiger partial charge in [-0.3, -0.25) is 4.79 Å². The summed E-state index contributed by atoms with van der Waals surface area (Å²) >= 11 is 0. The molecule has 2 aromatic rings. The van der Waals surface area contributed by atoms with Crippen LogP contribution in [0.2, 0.25) is 0 Å². The van der Waals surface area contributed by atoms with Crippen LogP contribution in [-0.4, -0.2) is 34.3 Å². The van der Waals surface area contributed by atoms with Crippen LogP contribution in [-0.2, 0) is 6.42 Å². The van der Waals surface area contributed by atoms with Crippen molar-refractivity contribution in [2.45, 2.75) is 12.8 Å². The van der Waals surface area contributed by atoms with E-state index < -0.39 is 0 Å². The van der Waals surface area contributed by atoms with Gasteiger partial charge in [0.2, 0.25) is 6.39 Å². The maximum Gasteiger partial charge on any atom is 0.252 e. The van der Waals surface area contributed by atoms with Crippen molar-refractivity contribution in [2.75, 3.05) is 13.2 Å². The molecule has 0 spiro atoms. The highest BCUT2D eigenvalue weighted by Crippen LogP contribution is 2.07. The smallest absolute Gasteiger partial charge is 0.252 e. The lowest BCUT2D eigenvalue weighted by molar-refractivity contribution is 0.0953. The number of hydrogen-bond donors (Lipinski definition) is 2. The maximum absolute atomic E-state index is 12.1. The Bertz CT molecular complexity index is 642. The predicted octanol–water partition coefficient (Wildman–Crippen LogP) is 0.776. The first-order valence-corrected chi connectivity index (χ1v) is 6.53. The number of aliphatic hydroxyl groups is 1. The zero-order chi connectivity index (χ0) is 14.9. The average Bonchev–Trinajstić information content (AvgIpc) is 3.01. The minimum Gasteiger partial charge on any atom is -0.395 e. The fraction of sp³-hybridized carbons (Fsp3) is 0.267. The van der Waals surface area contributed by atoms with Gasteiger partial charge >= 0.3 is 0 Å².